The van der Waals surface area contributed by atoms with Crippen molar-refractivity contribution in [2.24, 2.45) is 0 Å². The summed E-state index contributed by atoms with van der Waals surface area (Å²) in [5, 5.41) is 2.33. The molecule has 54 valence electrons. The summed E-state index contributed by atoms with van der Waals surface area (Å²) in [6.45, 7) is 7.56. The van der Waals surface area contributed by atoms with E-state index < -0.39 is 0 Å². The molecule has 0 aliphatic carbocycles. The average Bonchev–Trinajstić information content (AvgIpc) is 1.92. The summed E-state index contributed by atoms with van der Waals surface area (Å²) in [6, 6.07) is 0. The van der Waals surface area contributed by atoms with Crippen LogP contribution < -0.4 is 5.32 Å². The zero-order valence-electron chi connectivity index (χ0n) is 6.31. The monoisotopic (exact) mass is 130 g/mol. The lowest BCUT2D eigenvalue weighted by Crippen LogP contribution is -2.87. The van der Waals surface area contributed by atoms with Gasteiger partial charge in [0, 0.05) is 6.42 Å². The number of quaternary nitrogens is 1. The van der Waals surface area contributed by atoms with E-state index in [4.69, 9.17) is 4.74 Å². The predicted octanol–water partition coefficient (Wildman–Crippen LogP) is -0.251. The molecule has 0 atom stereocenters. The molecule has 0 bridgehead atoms. The Morgan fingerprint density at radius 2 is 2.22 bits per heavy atom. The molecule has 0 amide bonds. The van der Waals surface area contributed by atoms with Gasteiger partial charge in [-0.1, -0.05) is 0 Å². The van der Waals surface area contributed by atoms with Crippen molar-refractivity contribution in [3.05, 3.63) is 0 Å². The van der Waals surface area contributed by atoms with Gasteiger partial charge in [-0.15, -0.1) is 0 Å². The molecule has 0 unspecified atom stereocenters. The molecule has 1 aliphatic rings. The highest BCUT2D eigenvalue weighted by molar-refractivity contribution is 4.66. The van der Waals surface area contributed by atoms with E-state index in [1.165, 1.54) is 13.0 Å². The molecule has 2 nitrogen and oxygen atoms in total. The molecule has 1 aliphatic heterocycles. The maximum atomic E-state index is 5.56. The van der Waals surface area contributed by atoms with Crippen LogP contribution in [0.4, 0.5) is 0 Å². The van der Waals surface area contributed by atoms with Gasteiger partial charge in [0.05, 0.1) is 13.2 Å². The molecule has 0 aromatic carbocycles. The Morgan fingerprint density at radius 3 is 3.00 bits per heavy atom. The van der Waals surface area contributed by atoms with E-state index in [1.54, 1.807) is 0 Å². The van der Waals surface area contributed by atoms with Crippen LogP contribution in [0.15, 0.2) is 0 Å². The summed E-state index contributed by atoms with van der Waals surface area (Å²) in [7, 11) is 0. The van der Waals surface area contributed by atoms with Crippen LogP contribution in [0.2, 0.25) is 0 Å². The first kappa shape index (κ1) is 7.03. The molecular formula is C7H16NO+. The second-order valence-corrected chi connectivity index (χ2v) is 3.24. The van der Waals surface area contributed by atoms with Crippen molar-refractivity contribution in [3.63, 3.8) is 0 Å². The lowest BCUT2D eigenvalue weighted by atomic mass is 10.1. The Bertz CT molecular complexity index is 80.9. The molecule has 1 heterocycles. The number of nitrogens with two attached hydrogens (primary N) is 1. The average molecular weight is 130 g/mol. The van der Waals surface area contributed by atoms with E-state index >= 15 is 0 Å². The van der Waals surface area contributed by atoms with Crippen LogP contribution in [0.1, 0.15) is 20.3 Å². The van der Waals surface area contributed by atoms with Gasteiger partial charge in [-0.2, -0.15) is 0 Å². The zero-order valence-corrected chi connectivity index (χ0v) is 6.31. The van der Waals surface area contributed by atoms with Gasteiger partial charge in [-0.05, 0) is 13.8 Å². The van der Waals surface area contributed by atoms with Crippen molar-refractivity contribution in [2.45, 2.75) is 25.9 Å². The minimum Gasteiger partial charge on any atom is -0.369 e. The van der Waals surface area contributed by atoms with E-state index in [2.05, 4.69) is 19.2 Å². The van der Waals surface area contributed by atoms with Crippen molar-refractivity contribution in [1.82, 2.24) is 0 Å². The molecule has 0 saturated carbocycles. The van der Waals surface area contributed by atoms with Gasteiger partial charge in [0.15, 0.2) is 0 Å². The normalized spacial score (nSPS) is 27.3. The quantitative estimate of drug-likeness (QED) is 0.480. The van der Waals surface area contributed by atoms with E-state index in [1.807, 2.05) is 0 Å². The smallest absolute Gasteiger partial charge is 0.111 e. The van der Waals surface area contributed by atoms with Gasteiger partial charge < -0.3 is 10.1 Å². The fraction of sp³-hybridized carbons (Fsp3) is 1.00. The van der Waals surface area contributed by atoms with E-state index in [9.17, 15) is 0 Å². The highest BCUT2D eigenvalue weighted by Crippen LogP contribution is 2.06. The third-order valence-electron chi connectivity index (χ3n) is 1.68. The maximum Gasteiger partial charge on any atom is 0.111 e. The van der Waals surface area contributed by atoms with Gasteiger partial charge in [-0.25, -0.2) is 0 Å². The van der Waals surface area contributed by atoms with Crippen molar-refractivity contribution < 1.29 is 10.1 Å². The number of hydrogen-bond acceptors (Lipinski definition) is 1. The molecule has 1 rings (SSSR count). The van der Waals surface area contributed by atoms with Gasteiger partial charge >= 0.3 is 0 Å². The highest BCUT2D eigenvalue weighted by atomic mass is 16.5. The number of rotatable bonds is 0. The highest BCUT2D eigenvalue weighted by Gasteiger charge is 2.22. The Morgan fingerprint density at radius 1 is 1.44 bits per heavy atom. The first-order chi connectivity index (χ1) is 4.21. The molecule has 0 spiro atoms. The van der Waals surface area contributed by atoms with Crippen molar-refractivity contribution in [1.29, 1.82) is 0 Å². The largest absolute Gasteiger partial charge is 0.369 e. The fourth-order valence-electron chi connectivity index (χ4n) is 1.08. The SMILES string of the molecule is CC1(C)C[NH2+]CCCO1. The summed E-state index contributed by atoms with van der Waals surface area (Å²) < 4.78 is 5.56. The van der Waals surface area contributed by atoms with E-state index in [0.29, 0.717) is 0 Å². The second kappa shape index (κ2) is 2.67. The van der Waals surface area contributed by atoms with Crippen LogP contribution >= 0.6 is 0 Å². The number of hydrogen-bond donors (Lipinski definition) is 1. The van der Waals surface area contributed by atoms with E-state index in [0.717, 1.165) is 13.2 Å². The molecule has 1 saturated heterocycles. The van der Waals surface area contributed by atoms with Crippen LogP contribution in [-0.2, 0) is 4.74 Å². The molecule has 2 N–H and O–H groups in total. The summed E-state index contributed by atoms with van der Waals surface area (Å²) in [6.07, 6.45) is 1.20. The lowest BCUT2D eigenvalue weighted by Gasteiger charge is -2.19. The third kappa shape index (κ3) is 2.33. The van der Waals surface area contributed by atoms with Gasteiger partial charge in [0.25, 0.3) is 0 Å². The molecule has 2 heteroatoms. The topological polar surface area (TPSA) is 25.8 Å². The molecule has 0 aromatic heterocycles. The van der Waals surface area contributed by atoms with Crippen LogP contribution in [0.25, 0.3) is 0 Å². The minimum atomic E-state index is 0.108. The fourth-order valence-corrected chi connectivity index (χ4v) is 1.08. The van der Waals surface area contributed by atoms with Gasteiger partial charge in [0.2, 0.25) is 0 Å². The molecule has 1 fully saturated rings. The van der Waals surface area contributed by atoms with Crippen molar-refractivity contribution in [2.75, 3.05) is 19.7 Å². The standard InChI is InChI=1S/C7H15NO/c1-7(2)6-8-4-3-5-9-7/h8H,3-6H2,1-2H3/p+1. The summed E-state index contributed by atoms with van der Waals surface area (Å²) in [5.74, 6) is 0. The van der Waals surface area contributed by atoms with Crippen LogP contribution in [-0.4, -0.2) is 25.3 Å². The first-order valence-electron chi connectivity index (χ1n) is 3.66. The maximum absolute atomic E-state index is 5.56. The molecule has 0 aromatic rings. The minimum absolute atomic E-state index is 0.108. The van der Waals surface area contributed by atoms with Gasteiger partial charge in [-0.3, -0.25) is 0 Å². The van der Waals surface area contributed by atoms with Crippen molar-refractivity contribution in [3.8, 4) is 0 Å². The predicted molar refractivity (Wildman–Crippen MR) is 36.3 cm³/mol. The Kier molecular flexibility index (Phi) is 2.09. The molecular weight excluding hydrogens is 114 g/mol. The Labute approximate surface area is 56.6 Å². The van der Waals surface area contributed by atoms with Crippen LogP contribution in [0, 0.1) is 0 Å². The summed E-state index contributed by atoms with van der Waals surface area (Å²) in [4.78, 5) is 0. The van der Waals surface area contributed by atoms with Gasteiger partial charge in [0.1, 0.15) is 12.1 Å². The zero-order chi connectivity index (χ0) is 6.74. The molecule has 0 radical (unpaired) electrons. The van der Waals surface area contributed by atoms with Crippen LogP contribution in [0.5, 0.6) is 0 Å². The number of ether oxygens (including phenoxy) is 1. The molecule has 9 heavy (non-hydrogen) atoms. The first-order valence-corrected chi connectivity index (χ1v) is 3.66. The Hall–Kier alpha value is -0.0800. The summed E-state index contributed by atoms with van der Waals surface area (Å²) >= 11 is 0. The van der Waals surface area contributed by atoms with E-state index in [-0.39, 0.29) is 5.60 Å². The summed E-state index contributed by atoms with van der Waals surface area (Å²) in [5.41, 5.74) is 0.108. The van der Waals surface area contributed by atoms with Crippen LogP contribution in [0.3, 0.4) is 0 Å². The third-order valence-corrected chi connectivity index (χ3v) is 1.68. The second-order valence-electron chi connectivity index (χ2n) is 3.24. The lowest BCUT2D eigenvalue weighted by molar-refractivity contribution is -0.661. The Balaban J connectivity index is 2.36. The van der Waals surface area contributed by atoms with Crippen molar-refractivity contribution >= 4 is 0 Å².